The van der Waals surface area contributed by atoms with Crippen LogP contribution in [0.3, 0.4) is 0 Å². The molecule has 0 bridgehead atoms. The van der Waals surface area contributed by atoms with Gasteiger partial charge >= 0.3 is 0 Å². The highest BCUT2D eigenvalue weighted by atomic mass is 16.6. The third-order valence-electron chi connectivity index (χ3n) is 15.6. The van der Waals surface area contributed by atoms with Gasteiger partial charge in [-0.3, -0.25) is 0 Å². The Morgan fingerprint density at radius 2 is 0.653 bits per heavy atom. The molecule has 6 heteroatoms. The molecule has 0 aliphatic heterocycles. The minimum atomic E-state index is -2.49. The van der Waals surface area contributed by atoms with E-state index in [0.717, 1.165) is 49.0 Å². The number of nitrogens with zero attached hydrogens (tertiary/aromatic N) is 2. The van der Waals surface area contributed by atoms with Crippen LogP contribution in [0.4, 0.5) is 0 Å². The first-order chi connectivity index (χ1) is 35.1. The van der Waals surface area contributed by atoms with Gasteiger partial charge in [0.25, 0.3) is 0 Å². The van der Waals surface area contributed by atoms with Gasteiger partial charge in [-0.15, -0.1) is 0 Å². The zero-order valence-electron chi connectivity index (χ0n) is 47.1. The molecule has 0 amide bonds. The molecule has 6 aromatic carbocycles. The van der Waals surface area contributed by atoms with Crippen LogP contribution in [0, 0.1) is 0 Å². The van der Waals surface area contributed by atoms with E-state index in [-0.39, 0.29) is 5.92 Å². The number of quaternary nitrogens is 2. The van der Waals surface area contributed by atoms with Gasteiger partial charge in [-0.05, 0) is 107 Å². The molecule has 0 radical (unpaired) electrons. The molecular weight excluding hydrogens is 880 g/mol. The molecular formula is C66H99BN2O3. The van der Waals surface area contributed by atoms with Gasteiger partial charge in [0.05, 0.1) is 59.7 Å². The molecule has 0 saturated carbocycles. The van der Waals surface area contributed by atoms with Crippen LogP contribution >= 0.6 is 0 Å². The summed E-state index contributed by atoms with van der Waals surface area (Å²) >= 11 is 0. The van der Waals surface area contributed by atoms with Crippen molar-refractivity contribution in [1.82, 2.24) is 0 Å². The van der Waals surface area contributed by atoms with Gasteiger partial charge in [-0.1, -0.05) is 241 Å². The van der Waals surface area contributed by atoms with Crippen molar-refractivity contribution in [2.24, 2.45) is 0 Å². The number of benzene rings is 6. The van der Waals surface area contributed by atoms with Crippen molar-refractivity contribution < 1.29 is 23.7 Å². The summed E-state index contributed by atoms with van der Waals surface area (Å²) in [6.45, 7) is 32.1. The third kappa shape index (κ3) is 17.0. The average molecular weight is 979 g/mol. The van der Waals surface area contributed by atoms with E-state index in [1.54, 1.807) is 0 Å². The summed E-state index contributed by atoms with van der Waals surface area (Å²) in [6, 6.07) is 42.8. The number of hydrogen-bond acceptors (Lipinski definition) is 3. The molecule has 0 heterocycles. The van der Waals surface area contributed by atoms with Crippen molar-refractivity contribution >= 4 is 39.6 Å². The normalized spacial score (nSPS) is 12.4. The van der Waals surface area contributed by atoms with Crippen LogP contribution in [0.15, 0.2) is 127 Å². The lowest BCUT2D eigenvalue weighted by Gasteiger charge is -2.49. The van der Waals surface area contributed by atoms with Crippen molar-refractivity contribution in [3.05, 3.63) is 144 Å². The van der Waals surface area contributed by atoms with Crippen LogP contribution in [0.1, 0.15) is 194 Å². The standard InChI is InChI=1S/C34H27BO3.2C16H36N/c1-2-31(30-21-9-15-24-12-3-6-18-27(24)30)34(38-35(36)37,32-22-10-16-25-13-4-7-19-28(25)32)33-23-11-17-26-14-5-8-20-29(26)33;2*1-5-9-13-17(14-10-6-2,15-11-7-3)16-12-8-4/h3-23,31H,2H2,1H3;2*5-16H2,1-4H3/q-2;2*+1. The maximum absolute atomic E-state index is 12.7. The molecule has 0 aliphatic rings. The smallest absolute Gasteiger partial charge is 0.108 e. The highest BCUT2D eigenvalue weighted by Crippen LogP contribution is 2.52. The van der Waals surface area contributed by atoms with Crippen LogP contribution in [-0.2, 0) is 10.3 Å². The Bertz CT molecular complexity index is 2170. The molecule has 0 N–H and O–H groups in total. The maximum atomic E-state index is 12.7. The van der Waals surface area contributed by atoms with Crippen LogP contribution in [0.2, 0.25) is 0 Å². The lowest BCUT2D eigenvalue weighted by molar-refractivity contribution is -0.929. The average Bonchev–Trinajstić information content (AvgIpc) is 3.42. The van der Waals surface area contributed by atoms with Gasteiger partial charge in [0.15, 0.2) is 0 Å². The van der Waals surface area contributed by atoms with Crippen LogP contribution in [-0.4, -0.2) is 68.6 Å². The molecule has 394 valence electrons. The molecule has 0 saturated heterocycles. The summed E-state index contributed by atoms with van der Waals surface area (Å²) in [5, 5.41) is 31.6. The van der Waals surface area contributed by atoms with Gasteiger partial charge in [-0.25, -0.2) is 0 Å². The first-order valence-corrected chi connectivity index (χ1v) is 29.3. The van der Waals surface area contributed by atoms with Crippen molar-refractivity contribution in [1.29, 1.82) is 0 Å². The summed E-state index contributed by atoms with van der Waals surface area (Å²) in [6.07, 6.45) is 22.8. The fraction of sp³-hybridized carbons (Fsp3) is 0.545. The van der Waals surface area contributed by atoms with E-state index < -0.39 is 12.9 Å². The SMILES string of the molecule is CCC(c1cccc2ccccc12)C(OB([O-])[O-])(c1cccc2ccccc12)c1cccc2ccccc12.CCCC[N+](CCCC)(CCCC)CCCC.CCCC[N+](CCCC)(CCCC)CCCC. The quantitative estimate of drug-likeness (QED) is 0.0322. The number of unbranched alkanes of at least 4 members (excludes halogenated alkanes) is 8. The Balaban J connectivity index is 0.000000277. The second-order valence-electron chi connectivity index (χ2n) is 21.0. The first kappa shape index (κ1) is 60.5. The summed E-state index contributed by atoms with van der Waals surface area (Å²) < 4.78 is 9.11. The van der Waals surface area contributed by atoms with Gasteiger partial charge < -0.3 is 23.7 Å². The fourth-order valence-corrected chi connectivity index (χ4v) is 11.6. The van der Waals surface area contributed by atoms with E-state index in [1.165, 1.54) is 164 Å². The van der Waals surface area contributed by atoms with Crippen LogP contribution < -0.4 is 10.0 Å². The van der Waals surface area contributed by atoms with E-state index in [2.05, 4.69) is 111 Å². The Kier molecular flexibility index (Phi) is 27.7. The summed E-state index contributed by atoms with van der Waals surface area (Å²) in [7, 11) is -2.49. The molecule has 6 aromatic rings. The largest absolute Gasteiger partial charge is 0.871 e. The Morgan fingerprint density at radius 3 is 0.958 bits per heavy atom. The molecule has 0 spiro atoms. The van der Waals surface area contributed by atoms with Gasteiger partial charge in [-0.2, -0.15) is 0 Å². The highest BCUT2D eigenvalue weighted by molar-refractivity contribution is 6.28. The van der Waals surface area contributed by atoms with Crippen molar-refractivity contribution in [3.8, 4) is 0 Å². The molecule has 1 atom stereocenters. The first-order valence-electron chi connectivity index (χ1n) is 29.3. The molecule has 0 fully saturated rings. The van der Waals surface area contributed by atoms with E-state index in [4.69, 9.17) is 4.65 Å². The number of hydrogen-bond donors (Lipinski definition) is 0. The van der Waals surface area contributed by atoms with Crippen molar-refractivity contribution in [3.63, 3.8) is 0 Å². The van der Waals surface area contributed by atoms with Crippen LogP contribution in [0.5, 0.6) is 0 Å². The fourth-order valence-electron chi connectivity index (χ4n) is 11.6. The second kappa shape index (κ2) is 33.0. The Morgan fingerprint density at radius 1 is 0.375 bits per heavy atom. The highest BCUT2D eigenvalue weighted by Gasteiger charge is 2.44. The topological polar surface area (TPSA) is 55.3 Å². The van der Waals surface area contributed by atoms with E-state index in [1.807, 2.05) is 78.9 Å². The summed E-state index contributed by atoms with van der Waals surface area (Å²) in [5.74, 6) is -0.324. The molecule has 6 rings (SSSR count). The molecule has 0 aliphatic carbocycles. The summed E-state index contributed by atoms with van der Waals surface area (Å²) in [4.78, 5) is 0. The van der Waals surface area contributed by atoms with E-state index in [0.29, 0.717) is 6.42 Å². The van der Waals surface area contributed by atoms with Crippen molar-refractivity contribution in [2.45, 2.75) is 183 Å². The van der Waals surface area contributed by atoms with Crippen LogP contribution in [0.25, 0.3) is 32.3 Å². The lowest BCUT2D eigenvalue weighted by Crippen LogP contribution is -2.55. The zero-order chi connectivity index (χ0) is 52.1. The second-order valence-corrected chi connectivity index (χ2v) is 21.0. The van der Waals surface area contributed by atoms with Gasteiger partial charge in [0, 0.05) is 5.92 Å². The van der Waals surface area contributed by atoms with Crippen molar-refractivity contribution in [2.75, 3.05) is 52.4 Å². The minimum Gasteiger partial charge on any atom is -0.871 e. The Hall–Kier alpha value is -4.04. The van der Waals surface area contributed by atoms with E-state index in [9.17, 15) is 10.0 Å². The number of fused-ring (bicyclic) bond motifs is 3. The predicted molar refractivity (Wildman–Crippen MR) is 311 cm³/mol. The van der Waals surface area contributed by atoms with Gasteiger partial charge in [0.1, 0.15) is 5.60 Å². The number of rotatable bonds is 31. The minimum absolute atomic E-state index is 0.324. The molecule has 0 aromatic heterocycles. The van der Waals surface area contributed by atoms with Gasteiger partial charge in [0.2, 0.25) is 0 Å². The lowest BCUT2D eigenvalue weighted by atomic mass is 9.68. The Labute approximate surface area is 440 Å². The maximum Gasteiger partial charge on any atom is 0.108 e. The predicted octanol–water partition coefficient (Wildman–Crippen LogP) is 16.3. The zero-order valence-corrected chi connectivity index (χ0v) is 47.1. The molecule has 1 unspecified atom stereocenters. The molecule has 72 heavy (non-hydrogen) atoms. The molecule has 5 nitrogen and oxygen atoms in total. The summed E-state index contributed by atoms with van der Waals surface area (Å²) in [5.41, 5.74) is 1.35. The van der Waals surface area contributed by atoms with E-state index >= 15 is 0 Å². The third-order valence-corrected chi connectivity index (χ3v) is 15.6. The monoisotopic (exact) mass is 979 g/mol.